The standard InChI is InChI=1S/C19H23N3O5/c23-16-11-20-19(27)22(16)12-13-4-6-14(7-5-13)18(26)21-10-2-1-3-15(21)8-9-17(24)25/h4-7,15H,1-3,8-12H2,(H,20,27)(H,24,25). The van der Waals surface area contributed by atoms with Crippen molar-refractivity contribution in [3.63, 3.8) is 0 Å². The van der Waals surface area contributed by atoms with E-state index in [-0.39, 0.29) is 37.4 Å². The fourth-order valence-corrected chi connectivity index (χ4v) is 3.57. The van der Waals surface area contributed by atoms with Gasteiger partial charge in [0.05, 0.1) is 13.1 Å². The van der Waals surface area contributed by atoms with Gasteiger partial charge in [0.2, 0.25) is 5.91 Å². The van der Waals surface area contributed by atoms with Crippen molar-refractivity contribution >= 4 is 23.8 Å². The van der Waals surface area contributed by atoms with Gasteiger partial charge in [-0.3, -0.25) is 19.3 Å². The van der Waals surface area contributed by atoms with Crippen LogP contribution in [0.25, 0.3) is 0 Å². The molecule has 0 saturated carbocycles. The molecule has 1 aromatic carbocycles. The first-order chi connectivity index (χ1) is 13.0. The Morgan fingerprint density at radius 2 is 1.89 bits per heavy atom. The van der Waals surface area contributed by atoms with E-state index in [0.717, 1.165) is 29.7 Å². The number of amides is 4. The van der Waals surface area contributed by atoms with Crippen LogP contribution in [0.1, 0.15) is 48.0 Å². The lowest BCUT2D eigenvalue weighted by atomic mass is 9.96. The van der Waals surface area contributed by atoms with Gasteiger partial charge in [0.1, 0.15) is 0 Å². The third kappa shape index (κ3) is 4.45. The number of aliphatic carboxylic acids is 1. The number of piperidine rings is 1. The smallest absolute Gasteiger partial charge is 0.324 e. The molecular weight excluding hydrogens is 350 g/mol. The molecule has 8 heteroatoms. The monoisotopic (exact) mass is 373 g/mol. The summed E-state index contributed by atoms with van der Waals surface area (Å²) in [5.74, 6) is -1.22. The summed E-state index contributed by atoms with van der Waals surface area (Å²) < 4.78 is 0. The predicted molar refractivity (Wildman–Crippen MR) is 95.9 cm³/mol. The Kier molecular flexibility index (Phi) is 5.73. The summed E-state index contributed by atoms with van der Waals surface area (Å²) in [5, 5.41) is 11.4. The van der Waals surface area contributed by atoms with E-state index in [1.165, 1.54) is 0 Å². The van der Waals surface area contributed by atoms with Crippen LogP contribution in [0.4, 0.5) is 4.79 Å². The molecule has 2 N–H and O–H groups in total. The first-order valence-electron chi connectivity index (χ1n) is 9.15. The number of imide groups is 1. The topological polar surface area (TPSA) is 107 Å². The fourth-order valence-electron chi connectivity index (χ4n) is 3.57. The summed E-state index contributed by atoms with van der Waals surface area (Å²) in [5.41, 5.74) is 1.29. The lowest BCUT2D eigenvalue weighted by Crippen LogP contribution is -2.44. The Balaban J connectivity index is 1.66. The maximum atomic E-state index is 12.9. The summed E-state index contributed by atoms with van der Waals surface area (Å²) in [6, 6.07) is 6.41. The second kappa shape index (κ2) is 8.20. The molecule has 0 spiro atoms. The number of urea groups is 1. The first-order valence-corrected chi connectivity index (χ1v) is 9.15. The summed E-state index contributed by atoms with van der Waals surface area (Å²) in [6.07, 6.45) is 3.26. The van der Waals surface area contributed by atoms with E-state index in [4.69, 9.17) is 5.11 Å². The van der Waals surface area contributed by atoms with Crippen LogP contribution in [0.5, 0.6) is 0 Å². The summed E-state index contributed by atoms with van der Waals surface area (Å²) >= 11 is 0. The molecule has 4 amide bonds. The summed E-state index contributed by atoms with van der Waals surface area (Å²) in [6.45, 7) is 0.819. The van der Waals surface area contributed by atoms with E-state index in [9.17, 15) is 19.2 Å². The van der Waals surface area contributed by atoms with Gasteiger partial charge in [0.15, 0.2) is 0 Å². The SMILES string of the molecule is O=C(O)CCC1CCCCN1C(=O)c1ccc(CN2C(=O)CNC2=O)cc1. The van der Waals surface area contributed by atoms with Gasteiger partial charge < -0.3 is 15.3 Å². The number of likely N-dealkylation sites (tertiary alicyclic amines) is 1. The van der Waals surface area contributed by atoms with E-state index in [1.807, 2.05) is 0 Å². The Morgan fingerprint density at radius 3 is 2.52 bits per heavy atom. The molecule has 1 aromatic rings. The van der Waals surface area contributed by atoms with E-state index < -0.39 is 12.0 Å². The average molecular weight is 373 g/mol. The molecule has 144 valence electrons. The number of carboxylic acids is 1. The van der Waals surface area contributed by atoms with Gasteiger partial charge in [-0.25, -0.2) is 4.79 Å². The maximum Gasteiger partial charge on any atom is 0.324 e. The highest BCUT2D eigenvalue weighted by Crippen LogP contribution is 2.23. The van der Waals surface area contributed by atoms with Crippen molar-refractivity contribution in [2.24, 2.45) is 0 Å². The summed E-state index contributed by atoms with van der Waals surface area (Å²) in [7, 11) is 0. The molecule has 1 atom stereocenters. The van der Waals surface area contributed by atoms with Crippen molar-refractivity contribution in [2.75, 3.05) is 13.1 Å². The molecule has 2 aliphatic rings. The normalized spacial score (nSPS) is 19.9. The number of nitrogens with one attached hydrogen (secondary N) is 1. The van der Waals surface area contributed by atoms with Crippen molar-refractivity contribution in [1.82, 2.24) is 15.1 Å². The van der Waals surface area contributed by atoms with Crippen LogP contribution in [0.2, 0.25) is 0 Å². The van der Waals surface area contributed by atoms with Crippen LogP contribution in [0.3, 0.4) is 0 Å². The molecule has 1 unspecified atom stereocenters. The minimum atomic E-state index is -0.849. The molecule has 0 aromatic heterocycles. The van der Waals surface area contributed by atoms with E-state index >= 15 is 0 Å². The van der Waals surface area contributed by atoms with Crippen LogP contribution in [-0.4, -0.2) is 57.9 Å². The Bertz CT molecular complexity index is 730. The van der Waals surface area contributed by atoms with Gasteiger partial charge in [-0.05, 0) is 43.4 Å². The maximum absolute atomic E-state index is 12.9. The third-order valence-electron chi connectivity index (χ3n) is 5.06. The molecule has 27 heavy (non-hydrogen) atoms. The molecule has 8 nitrogen and oxygen atoms in total. The van der Waals surface area contributed by atoms with Crippen molar-refractivity contribution in [1.29, 1.82) is 0 Å². The second-order valence-corrected chi connectivity index (χ2v) is 6.92. The summed E-state index contributed by atoms with van der Waals surface area (Å²) in [4.78, 5) is 49.9. The minimum absolute atomic E-state index is 0.0160. The number of carbonyl (C=O) groups is 4. The molecular formula is C19H23N3O5. The highest BCUT2D eigenvalue weighted by molar-refractivity contribution is 6.01. The van der Waals surface area contributed by atoms with Crippen LogP contribution < -0.4 is 5.32 Å². The largest absolute Gasteiger partial charge is 0.481 e. The van der Waals surface area contributed by atoms with Crippen molar-refractivity contribution in [3.8, 4) is 0 Å². The highest BCUT2D eigenvalue weighted by atomic mass is 16.4. The average Bonchev–Trinajstić information content (AvgIpc) is 2.98. The molecule has 2 fully saturated rings. The number of hydrogen-bond donors (Lipinski definition) is 2. The van der Waals surface area contributed by atoms with Gasteiger partial charge in [-0.2, -0.15) is 0 Å². The predicted octanol–water partition coefficient (Wildman–Crippen LogP) is 1.60. The minimum Gasteiger partial charge on any atom is -0.481 e. The number of rotatable bonds is 6. The number of benzene rings is 1. The highest BCUT2D eigenvalue weighted by Gasteiger charge is 2.29. The van der Waals surface area contributed by atoms with Crippen LogP contribution in [0.15, 0.2) is 24.3 Å². The quantitative estimate of drug-likeness (QED) is 0.737. The molecule has 2 heterocycles. The number of hydrogen-bond acceptors (Lipinski definition) is 4. The number of carbonyl (C=O) groups excluding carboxylic acids is 3. The van der Waals surface area contributed by atoms with E-state index in [2.05, 4.69) is 5.32 Å². The lowest BCUT2D eigenvalue weighted by molar-refractivity contribution is -0.137. The van der Waals surface area contributed by atoms with Gasteiger partial charge in [0, 0.05) is 24.6 Å². The number of carboxylic acid groups (broad SMARTS) is 1. The Labute approximate surface area is 157 Å². The first kappa shape index (κ1) is 18.9. The van der Waals surface area contributed by atoms with Gasteiger partial charge >= 0.3 is 12.0 Å². The molecule has 0 bridgehead atoms. The van der Waals surface area contributed by atoms with E-state index in [0.29, 0.717) is 18.5 Å². The Hall–Kier alpha value is -2.90. The lowest BCUT2D eigenvalue weighted by Gasteiger charge is -2.35. The number of nitrogens with zero attached hydrogens (tertiary/aromatic N) is 2. The van der Waals surface area contributed by atoms with Crippen molar-refractivity contribution in [2.45, 2.75) is 44.7 Å². The molecule has 0 aliphatic carbocycles. The molecule has 2 aliphatic heterocycles. The van der Waals surface area contributed by atoms with E-state index in [1.54, 1.807) is 29.2 Å². The van der Waals surface area contributed by atoms with Crippen LogP contribution in [-0.2, 0) is 16.1 Å². The third-order valence-corrected chi connectivity index (χ3v) is 5.06. The van der Waals surface area contributed by atoms with Crippen molar-refractivity contribution in [3.05, 3.63) is 35.4 Å². The molecule has 2 saturated heterocycles. The zero-order valence-corrected chi connectivity index (χ0v) is 15.0. The van der Waals surface area contributed by atoms with Crippen molar-refractivity contribution < 1.29 is 24.3 Å². The molecule has 0 radical (unpaired) electrons. The zero-order chi connectivity index (χ0) is 19.4. The molecule has 3 rings (SSSR count). The van der Waals surface area contributed by atoms with Gasteiger partial charge in [-0.15, -0.1) is 0 Å². The van der Waals surface area contributed by atoms with Crippen LogP contribution in [0, 0.1) is 0 Å². The second-order valence-electron chi connectivity index (χ2n) is 6.92. The van der Waals surface area contributed by atoms with Gasteiger partial charge in [0.25, 0.3) is 5.91 Å². The Morgan fingerprint density at radius 1 is 1.15 bits per heavy atom. The fraction of sp³-hybridized carbons (Fsp3) is 0.474. The van der Waals surface area contributed by atoms with Crippen LogP contribution >= 0.6 is 0 Å². The van der Waals surface area contributed by atoms with Gasteiger partial charge in [-0.1, -0.05) is 12.1 Å². The zero-order valence-electron chi connectivity index (χ0n) is 15.0.